The lowest BCUT2D eigenvalue weighted by Gasteiger charge is -2.37. The molecule has 2 fully saturated rings. The van der Waals surface area contributed by atoms with Crippen LogP contribution in [0.5, 0.6) is 5.75 Å². The molecule has 30 heavy (non-hydrogen) atoms. The molecule has 0 bridgehead atoms. The van der Waals surface area contributed by atoms with Crippen LogP contribution in [0.1, 0.15) is 47.0 Å². The third kappa shape index (κ3) is 6.27. The minimum atomic E-state index is -0.439. The third-order valence-corrected chi connectivity index (χ3v) is 6.25. The number of hydrogen-bond acceptors (Lipinski definition) is 5. The Morgan fingerprint density at radius 2 is 2.03 bits per heavy atom. The van der Waals surface area contributed by atoms with E-state index < -0.39 is 5.60 Å². The average molecular weight is 418 g/mol. The van der Waals surface area contributed by atoms with Gasteiger partial charge < -0.3 is 24.6 Å². The molecular weight excluding hydrogens is 378 g/mol. The Kier molecular flexibility index (Phi) is 7.50. The van der Waals surface area contributed by atoms with Crippen LogP contribution in [-0.2, 0) is 4.74 Å². The van der Waals surface area contributed by atoms with Crippen molar-refractivity contribution in [2.45, 2.75) is 58.6 Å². The predicted molar refractivity (Wildman–Crippen MR) is 121 cm³/mol. The lowest BCUT2D eigenvalue weighted by Crippen LogP contribution is -2.48. The zero-order valence-corrected chi connectivity index (χ0v) is 19.3. The summed E-state index contributed by atoms with van der Waals surface area (Å²) in [6.07, 6.45) is 3.23. The van der Waals surface area contributed by atoms with Crippen LogP contribution in [-0.4, -0.2) is 62.5 Å². The average Bonchev–Trinajstić information content (AvgIpc) is 3.20. The summed E-state index contributed by atoms with van der Waals surface area (Å²) in [6.45, 7) is 12.8. The van der Waals surface area contributed by atoms with E-state index in [1.54, 1.807) is 7.11 Å². The van der Waals surface area contributed by atoms with E-state index in [0.29, 0.717) is 17.9 Å². The van der Waals surface area contributed by atoms with Gasteiger partial charge in [0.05, 0.1) is 7.11 Å². The number of amides is 1. The maximum Gasteiger partial charge on any atom is 0.410 e. The molecule has 168 valence electrons. The second-order valence-corrected chi connectivity index (χ2v) is 9.83. The normalized spacial score (nSPS) is 23.4. The first-order chi connectivity index (χ1) is 14.2. The largest absolute Gasteiger partial charge is 0.497 e. The molecule has 0 unspecified atom stereocenters. The van der Waals surface area contributed by atoms with Crippen LogP contribution in [0.2, 0.25) is 0 Å². The van der Waals surface area contributed by atoms with Crippen molar-refractivity contribution in [1.82, 2.24) is 10.2 Å². The summed E-state index contributed by atoms with van der Waals surface area (Å²) in [5.74, 6) is 2.03. The highest BCUT2D eigenvalue weighted by Gasteiger charge is 2.31. The smallest absolute Gasteiger partial charge is 0.410 e. The zero-order chi connectivity index (χ0) is 21.7. The lowest BCUT2D eigenvalue weighted by atomic mass is 9.91. The highest BCUT2D eigenvalue weighted by Crippen LogP contribution is 2.27. The summed E-state index contributed by atoms with van der Waals surface area (Å²) >= 11 is 0. The lowest BCUT2D eigenvalue weighted by molar-refractivity contribution is 0.0148. The Morgan fingerprint density at radius 3 is 2.77 bits per heavy atom. The minimum absolute atomic E-state index is 0.177. The molecule has 2 saturated heterocycles. The summed E-state index contributed by atoms with van der Waals surface area (Å²) in [5, 5.41) is 3.77. The van der Waals surface area contributed by atoms with Crippen molar-refractivity contribution in [2.24, 2.45) is 11.8 Å². The molecule has 1 amide bonds. The Labute approximate surface area is 181 Å². The van der Waals surface area contributed by atoms with Gasteiger partial charge in [-0.1, -0.05) is 6.07 Å². The topological polar surface area (TPSA) is 54.0 Å². The SMILES string of the molecule is COc1cccc(N2CC[C@H](CN[C@H](C)[C@H]3CCCN(C(=O)OC(C)(C)C)C3)C2)c1. The molecule has 0 saturated carbocycles. The van der Waals surface area contributed by atoms with E-state index >= 15 is 0 Å². The van der Waals surface area contributed by atoms with Crippen LogP contribution in [0.25, 0.3) is 0 Å². The van der Waals surface area contributed by atoms with Gasteiger partial charge in [-0.25, -0.2) is 4.79 Å². The van der Waals surface area contributed by atoms with Gasteiger partial charge in [0.15, 0.2) is 0 Å². The predicted octanol–water partition coefficient (Wildman–Crippen LogP) is 4.15. The molecule has 1 N–H and O–H groups in total. The Bertz CT molecular complexity index is 703. The standard InChI is InChI=1S/C24H39N3O3/c1-18(20-8-7-12-27(17-20)23(28)30-24(2,3)4)25-15-19-11-13-26(16-19)21-9-6-10-22(14-21)29-5/h6,9-10,14,18-20,25H,7-8,11-13,15-17H2,1-5H3/t18-,19-,20+/m1/s1. The molecule has 2 heterocycles. The molecular formula is C24H39N3O3. The van der Waals surface area contributed by atoms with E-state index in [1.165, 1.54) is 12.1 Å². The Morgan fingerprint density at radius 1 is 1.23 bits per heavy atom. The first-order valence-corrected chi connectivity index (χ1v) is 11.4. The quantitative estimate of drug-likeness (QED) is 0.754. The van der Waals surface area contributed by atoms with Crippen molar-refractivity contribution in [3.63, 3.8) is 0 Å². The summed E-state index contributed by atoms with van der Waals surface area (Å²) in [7, 11) is 1.71. The van der Waals surface area contributed by atoms with Gasteiger partial charge in [0.1, 0.15) is 11.4 Å². The van der Waals surface area contributed by atoms with Crippen LogP contribution in [0.15, 0.2) is 24.3 Å². The molecule has 6 heteroatoms. The van der Waals surface area contributed by atoms with Gasteiger partial charge >= 0.3 is 6.09 Å². The molecule has 0 aliphatic carbocycles. The number of piperidine rings is 1. The molecule has 0 aromatic heterocycles. The highest BCUT2D eigenvalue weighted by molar-refractivity contribution is 5.68. The molecule has 6 nitrogen and oxygen atoms in total. The number of likely N-dealkylation sites (tertiary alicyclic amines) is 1. The second-order valence-electron chi connectivity index (χ2n) is 9.83. The maximum atomic E-state index is 12.4. The number of methoxy groups -OCH3 is 1. The molecule has 0 radical (unpaired) electrons. The fraction of sp³-hybridized carbons (Fsp3) is 0.708. The summed E-state index contributed by atoms with van der Waals surface area (Å²) in [5.41, 5.74) is 0.801. The molecule has 3 rings (SSSR count). The van der Waals surface area contributed by atoms with E-state index in [1.807, 2.05) is 31.7 Å². The number of ether oxygens (including phenoxy) is 2. The van der Waals surface area contributed by atoms with E-state index in [2.05, 4.69) is 35.3 Å². The number of carbonyl (C=O) groups is 1. The number of anilines is 1. The number of hydrogen-bond donors (Lipinski definition) is 1. The molecule has 3 atom stereocenters. The van der Waals surface area contributed by atoms with Crippen molar-refractivity contribution < 1.29 is 14.3 Å². The van der Waals surface area contributed by atoms with Crippen molar-refractivity contribution in [2.75, 3.05) is 44.7 Å². The zero-order valence-electron chi connectivity index (χ0n) is 19.3. The summed E-state index contributed by atoms with van der Waals surface area (Å²) < 4.78 is 10.9. The Balaban J connectivity index is 1.45. The molecule has 0 spiro atoms. The van der Waals surface area contributed by atoms with Crippen molar-refractivity contribution in [3.05, 3.63) is 24.3 Å². The van der Waals surface area contributed by atoms with E-state index in [-0.39, 0.29) is 6.09 Å². The van der Waals surface area contributed by atoms with Gasteiger partial charge in [-0.3, -0.25) is 0 Å². The first-order valence-electron chi connectivity index (χ1n) is 11.4. The fourth-order valence-electron chi connectivity index (χ4n) is 4.47. The molecule has 2 aliphatic heterocycles. The van der Waals surface area contributed by atoms with Gasteiger partial charge in [-0.15, -0.1) is 0 Å². The monoisotopic (exact) mass is 417 g/mol. The summed E-state index contributed by atoms with van der Waals surface area (Å²) in [4.78, 5) is 16.8. The third-order valence-electron chi connectivity index (χ3n) is 6.25. The number of benzene rings is 1. The molecule has 2 aliphatic rings. The van der Waals surface area contributed by atoms with Crippen molar-refractivity contribution in [1.29, 1.82) is 0 Å². The number of nitrogens with one attached hydrogen (secondary N) is 1. The molecule has 1 aromatic carbocycles. The van der Waals surface area contributed by atoms with Gasteiger partial charge in [0, 0.05) is 44.0 Å². The molecule has 1 aromatic rings. The fourth-order valence-corrected chi connectivity index (χ4v) is 4.47. The minimum Gasteiger partial charge on any atom is -0.497 e. The first kappa shape index (κ1) is 22.7. The van der Waals surface area contributed by atoms with Gasteiger partial charge in [-0.2, -0.15) is 0 Å². The van der Waals surface area contributed by atoms with Crippen LogP contribution in [0, 0.1) is 11.8 Å². The van der Waals surface area contributed by atoms with Gasteiger partial charge in [0.2, 0.25) is 0 Å². The van der Waals surface area contributed by atoms with Crippen LogP contribution in [0.3, 0.4) is 0 Å². The van der Waals surface area contributed by atoms with Crippen molar-refractivity contribution in [3.8, 4) is 5.75 Å². The van der Waals surface area contributed by atoms with Gasteiger partial charge in [0.25, 0.3) is 0 Å². The number of carbonyl (C=O) groups excluding carboxylic acids is 1. The number of rotatable bonds is 6. The van der Waals surface area contributed by atoms with Gasteiger partial charge in [-0.05, 0) is 77.5 Å². The maximum absolute atomic E-state index is 12.4. The van der Waals surface area contributed by atoms with Crippen LogP contribution in [0.4, 0.5) is 10.5 Å². The number of nitrogens with zero attached hydrogens (tertiary/aromatic N) is 2. The Hall–Kier alpha value is -1.95. The summed E-state index contributed by atoms with van der Waals surface area (Å²) in [6, 6.07) is 8.72. The second kappa shape index (κ2) is 9.90. The van der Waals surface area contributed by atoms with E-state index in [4.69, 9.17) is 9.47 Å². The van der Waals surface area contributed by atoms with E-state index in [9.17, 15) is 4.79 Å². The highest BCUT2D eigenvalue weighted by atomic mass is 16.6. The van der Waals surface area contributed by atoms with E-state index in [0.717, 1.165) is 51.3 Å². The van der Waals surface area contributed by atoms with Crippen LogP contribution < -0.4 is 15.0 Å². The van der Waals surface area contributed by atoms with Crippen molar-refractivity contribution >= 4 is 11.8 Å². The van der Waals surface area contributed by atoms with Crippen LogP contribution >= 0.6 is 0 Å².